The van der Waals surface area contributed by atoms with Crippen molar-refractivity contribution in [3.63, 3.8) is 0 Å². The van der Waals surface area contributed by atoms with Crippen molar-refractivity contribution in [2.24, 2.45) is 0 Å². The highest BCUT2D eigenvalue weighted by Crippen LogP contribution is 2.18. The van der Waals surface area contributed by atoms with Gasteiger partial charge in [0, 0.05) is 18.8 Å². The number of aromatic nitrogens is 3. The SMILES string of the molecule is CNc1nc(Cl)nc(Nc2cc(F)cc(F)c2)n1. The number of nitrogens with zero attached hydrogens (tertiary/aromatic N) is 3. The molecule has 0 fully saturated rings. The van der Waals surface area contributed by atoms with Gasteiger partial charge in [0.2, 0.25) is 17.2 Å². The van der Waals surface area contributed by atoms with E-state index in [4.69, 9.17) is 11.6 Å². The fourth-order valence-corrected chi connectivity index (χ4v) is 1.43. The van der Waals surface area contributed by atoms with Crippen LogP contribution in [0.3, 0.4) is 0 Å². The van der Waals surface area contributed by atoms with Crippen LogP contribution in [0.2, 0.25) is 5.28 Å². The number of hydrogen-bond acceptors (Lipinski definition) is 5. The standard InChI is InChI=1S/C10H8ClF2N5/c1-14-9-16-8(11)17-10(18-9)15-7-3-5(12)2-6(13)4-7/h2-4H,1H3,(H2,14,15,16,17,18). The Bertz CT molecular complexity index is 558. The molecule has 0 bridgehead atoms. The highest BCUT2D eigenvalue weighted by Gasteiger charge is 2.06. The Morgan fingerprint density at radius 2 is 1.61 bits per heavy atom. The first-order chi connectivity index (χ1) is 8.56. The highest BCUT2D eigenvalue weighted by atomic mass is 35.5. The molecule has 2 aromatic rings. The number of halogens is 3. The first kappa shape index (κ1) is 12.4. The van der Waals surface area contributed by atoms with E-state index < -0.39 is 11.6 Å². The lowest BCUT2D eigenvalue weighted by Crippen LogP contribution is -2.04. The molecule has 2 rings (SSSR count). The van der Waals surface area contributed by atoms with Crippen LogP contribution in [0.25, 0.3) is 0 Å². The second-order valence-electron chi connectivity index (χ2n) is 3.28. The van der Waals surface area contributed by atoms with Crippen molar-refractivity contribution in [3.05, 3.63) is 35.1 Å². The van der Waals surface area contributed by atoms with Crippen molar-refractivity contribution < 1.29 is 8.78 Å². The quantitative estimate of drug-likeness (QED) is 0.898. The van der Waals surface area contributed by atoms with Crippen LogP contribution in [0.15, 0.2) is 18.2 Å². The average Bonchev–Trinajstić information content (AvgIpc) is 2.26. The number of hydrogen-bond donors (Lipinski definition) is 2. The number of rotatable bonds is 3. The zero-order valence-electron chi connectivity index (χ0n) is 9.21. The van der Waals surface area contributed by atoms with Gasteiger partial charge in [-0.25, -0.2) is 8.78 Å². The molecule has 1 aromatic heterocycles. The molecule has 0 spiro atoms. The molecule has 1 aromatic carbocycles. The third-order valence-corrected chi connectivity index (χ3v) is 2.12. The summed E-state index contributed by atoms with van der Waals surface area (Å²) in [6.07, 6.45) is 0. The minimum Gasteiger partial charge on any atom is -0.357 e. The predicted molar refractivity (Wildman–Crippen MR) is 64.0 cm³/mol. The van der Waals surface area contributed by atoms with Crippen molar-refractivity contribution in [2.75, 3.05) is 17.7 Å². The Balaban J connectivity index is 2.30. The lowest BCUT2D eigenvalue weighted by atomic mass is 10.3. The Kier molecular flexibility index (Phi) is 3.52. The molecule has 5 nitrogen and oxygen atoms in total. The van der Waals surface area contributed by atoms with Gasteiger partial charge in [-0.3, -0.25) is 0 Å². The van der Waals surface area contributed by atoms with Gasteiger partial charge in [-0.1, -0.05) is 0 Å². The zero-order valence-corrected chi connectivity index (χ0v) is 9.96. The van der Waals surface area contributed by atoms with Crippen LogP contribution in [0, 0.1) is 11.6 Å². The Labute approximate surface area is 106 Å². The van der Waals surface area contributed by atoms with Gasteiger partial charge in [0.05, 0.1) is 0 Å². The van der Waals surface area contributed by atoms with Gasteiger partial charge in [-0.05, 0) is 23.7 Å². The fraction of sp³-hybridized carbons (Fsp3) is 0.100. The maximum absolute atomic E-state index is 13.0. The Morgan fingerprint density at radius 3 is 2.22 bits per heavy atom. The van der Waals surface area contributed by atoms with Crippen LogP contribution in [0.4, 0.5) is 26.4 Å². The first-order valence-electron chi connectivity index (χ1n) is 4.89. The van der Waals surface area contributed by atoms with Crippen molar-refractivity contribution in [1.29, 1.82) is 0 Å². The van der Waals surface area contributed by atoms with Crippen molar-refractivity contribution in [3.8, 4) is 0 Å². The fourth-order valence-electron chi connectivity index (χ4n) is 1.27. The first-order valence-corrected chi connectivity index (χ1v) is 5.27. The molecule has 0 aliphatic rings. The van der Waals surface area contributed by atoms with E-state index in [1.54, 1.807) is 7.05 Å². The van der Waals surface area contributed by atoms with Gasteiger partial charge in [-0.15, -0.1) is 0 Å². The molecule has 0 aliphatic heterocycles. The van der Waals surface area contributed by atoms with Gasteiger partial charge in [0.1, 0.15) is 11.6 Å². The molecule has 0 atom stereocenters. The zero-order chi connectivity index (χ0) is 13.1. The summed E-state index contributed by atoms with van der Waals surface area (Å²) in [6.45, 7) is 0. The van der Waals surface area contributed by atoms with Crippen molar-refractivity contribution in [2.45, 2.75) is 0 Å². The summed E-state index contributed by atoms with van der Waals surface area (Å²) in [4.78, 5) is 11.5. The summed E-state index contributed by atoms with van der Waals surface area (Å²) in [5.41, 5.74) is 0.178. The van der Waals surface area contributed by atoms with Gasteiger partial charge >= 0.3 is 0 Å². The summed E-state index contributed by atoms with van der Waals surface area (Å²) in [5.74, 6) is -1.07. The average molecular weight is 272 g/mol. The highest BCUT2D eigenvalue weighted by molar-refractivity contribution is 6.28. The third kappa shape index (κ3) is 3.01. The summed E-state index contributed by atoms with van der Waals surface area (Å²) < 4.78 is 26.0. The smallest absolute Gasteiger partial charge is 0.233 e. The molecular weight excluding hydrogens is 264 g/mol. The molecule has 1 heterocycles. The minimum absolute atomic E-state index is 0.0336. The second-order valence-corrected chi connectivity index (χ2v) is 3.62. The molecule has 0 amide bonds. The second kappa shape index (κ2) is 5.09. The largest absolute Gasteiger partial charge is 0.357 e. The molecule has 8 heteroatoms. The van der Waals surface area contributed by atoms with E-state index in [2.05, 4.69) is 25.6 Å². The number of anilines is 3. The van der Waals surface area contributed by atoms with Crippen LogP contribution < -0.4 is 10.6 Å². The van der Waals surface area contributed by atoms with Crippen LogP contribution in [0.1, 0.15) is 0 Å². The third-order valence-electron chi connectivity index (χ3n) is 1.95. The molecule has 0 saturated carbocycles. The van der Waals surface area contributed by atoms with E-state index in [1.807, 2.05) is 0 Å². The topological polar surface area (TPSA) is 62.7 Å². The molecule has 0 unspecified atom stereocenters. The minimum atomic E-state index is -0.702. The van der Waals surface area contributed by atoms with Crippen molar-refractivity contribution in [1.82, 2.24) is 15.0 Å². The van der Waals surface area contributed by atoms with Gasteiger partial charge in [0.15, 0.2) is 0 Å². The molecule has 0 aliphatic carbocycles. The normalized spacial score (nSPS) is 10.2. The van der Waals surface area contributed by atoms with Crippen LogP contribution in [-0.2, 0) is 0 Å². The summed E-state index contributed by atoms with van der Waals surface area (Å²) >= 11 is 5.67. The molecule has 0 radical (unpaired) electrons. The predicted octanol–water partition coefficient (Wildman–Crippen LogP) is 2.59. The van der Waals surface area contributed by atoms with Gasteiger partial charge in [0.25, 0.3) is 0 Å². The number of benzene rings is 1. The Hall–Kier alpha value is -2.02. The molecule has 18 heavy (non-hydrogen) atoms. The molecule has 0 saturated heterocycles. The van der Waals surface area contributed by atoms with Crippen molar-refractivity contribution >= 4 is 29.2 Å². The van der Waals surface area contributed by atoms with E-state index in [9.17, 15) is 8.78 Å². The van der Waals surface area contributed by atoms with E-state index in [0.29, 0.717) is 0 Å². The Morgan fingerprint density at radius 1 is 1.00 bits per heavy atom. The summed E-state index contributed by atoms with van der Waals surface area (Å²) in [6, 6.07) is 2.99. The van der Waals surface area contributed by atoms with E-state index in [1.165, 1.54) is 0 Å². The molecule has 94 valence electrons. The van der Waals surface area contributed by atoms with Crippen LogP contribution in [0.5, 0.6) is 0 Å². The van der Waals surface area contributed by atoms with Gasteiger partial charge in [-0.2, -0.15) is 15.0 Å². The van der Waals surface area contributed by atoms with Gasteiger partial charge < -0.3 is 10.6 Å². The van der Waals surface area contributed by atoms with E-state index in [-0.39, 0.29) is 22.9 Å². The number of nitrogens with one attached hydrogen (secondary N) is 2. The maximum atomic E-state index is 13.0. The lowest BCUT2D eigenvalue weighted by molar-refractivity contribution is 0.584. The maximum Gasteiger partial charge on any atom is 0.233 e. The van der Waals surface area contributed by atoms with E-state index >= 15 is 0 Å². The van der Waals surface area contributed by atoms with Crippen LogP contribution >= 0.6 is 11.6 Å². The molecule has 2 N–H and O–H groups in total. The molecular formula is C10H8ClF2N5. The summed E-state index contributed by atoms with van der Waals surface area (Å²) in [7, 11) is 1.61. The van der Waals surface area contributed by atoms with E-state index in [0.717, 1.165) is 18.2 Å². The monoisotopic (exact) mass is 271 g/mol. The summed E-state index contributed by atoms with van der Waals surface area (Å²) in [5, 5.41) is 5.28. The lowest BCUT2D eigenvalue weighted by Gasteiger charge is -2.06. The van der Waals surface area contributed by atoms with Crippen LogP contribution in [-0.4, -0.2) is 22.0 Å².